The topological polar surface area (TPSA) is 82.1 Å². The Kier molecular flexibility index (Phi) is 9.80. The lowest BCUT2D eigenvalue weighted by Crippen LogP contribution is -2.63. The monoisotopic (exact) mass is 627 g/mol. The summed E-state index contributed by atoms with van der Waals surface area (Å²) in [5.74, 6) is -4.46. The second-order valence-corrected chi connectivity index (χ2v) is 11.3. The zero-order chi connectivity index (χ0) is 31.4. The van der Waals surface area contributed by atoms with E-state index in [4.69, 9.17) is 16.3 Å². The number of amides is 2. The first-order valence-electron chi connectivity index (χ1n) is 14.5. The molecule has 1 saturated heterocycles. The van der Waals surface area contributed by atoms with E-state index < -0.39 is 35.3 Å². The minimum Gasteiger partial charge on any atom is -0.488 e. The van der Waals surface area contributed by atoms with Crippen LogP contribution in [0, 0.1) is 17.5 Å². The van der Waals surface area contributed by atoms with Gasteiger partial charge in [-0.05, 0) is 66.6 Å². The van der Waals surface area contributed by atoms with Gasteiger partial charge in [0.1, 0.15) is 0 Å². The summed E-state index contributed by atoms with van der Waals surface area (Å²) < 4.78 is 46.3. The highest BCUT2D eigenvalue weighted by molar-refractivity contribution is 6.31. The van der Waals surface area contributed by atoms with Gasteiger partial charge in [-0.2, -0.15) is 4.39 Å². The van der Waals surface area contributed by atoms with Gasteiger partial charge in [-0.25, -0.2) is 13.6 Å². The van der Waals surface area contributed by atoms with Crippen molar-refractivity contribution in [1.29, 1.82) is 0 Å². The van der Waals surface area contributed by atoms with Crippen molar-refractivity contribution in [1.82, 2.24) is 15.1 Å². The van der Waals surface area contributed by atoms with Crippen LogP contribution in [0.1, 0.15) is 36.5 Å². The number of hydrogen-bond donors (Lipinski definition) is 2. The van der Waals surface area contributed by atoms with Crippen LogP contribution in [-0.2, 0) is 17.8 Å². The second-order valence-electron chi connectivity index (χ2n) is 10.8. The number of likely N-dealkylation sites (N-methyl/N-ethyl adjacent to an activating group) is 1. The first kappa shape index (κ1) is 31.4. The molecule has 0 spiro atoms. The Hall–Kier alpha value is -4.02. The number of nitrogens with one attached hydrogen (secondary N) is 1. The summed E-state index contributed by atoms with van der Waals surface area (Å²) >= 11 is 6.40. The van der Waals surface area contributed by atoms with E-state index in [0.29, 0.717) is 55.6 Å². The van der Waals surface area contributed by atoms with Gasteiger partial charge >= 0.3 is 6.09 Å². The molecule has 5 rings (SSSR count). The molecule has 2 aliphatic rings. The molecule has 0 unspecified atom stereocenters. The van der Waals surface area contributed by atoms with Crippen LogP contribution in [0.15, 0.2) is 66.2 Å². The van der Waals surface area contributed by atoms with Crippen LogP contribution in [0.3, 0.4) is 0 Å². The Morgan fingerprint density at radius 1 is 1.05 bits per heavy atom. The van der Waals surface area contributed by atoms with Crippen LogP contribution in [0.2, 0.25) is 5.02 Å². The van der Waals surface area contributed by atoms with Crippen molar-refractivity contribution in [2.45, 2.75) is 44.8 Å². The molecule has 0 saturated carbocycles. The smallest absolute Gasteiger partial charge is 0.408 e. The minimum absolute atomic E-state index is 0.0114. The van der Waals surface area contributed by atoms with Crippen LogP contribution in [-0.4, -0.2) is 65.2 Å². The molecule has 2 N–H and O–H groups in total. The molecule has 2 aliphatic heterocycles. The standard InChI is InChI=1S/C33H33ClF3N3O4/c1-2-39(19-22-7-3-4-8-25(22)34)32(41)29-24(16-23-17-38-18-28(29)40(23)33(42)43)21-11-9-20(10-12-21)6-5-15-44-31-27(36)14-13-26(35)30(31)37/h3-4,7-14,23,28,38H,2,5-6,15-19H2,1H3,(H,42,43)/t23-,28-/m1/s1. The molecule has 2 heterocycles. The van der Waals surface area contributed by atoms with E-state index in [1.807, 2.05) is 49.4 Å². The minimum atomic E-state index is -1.35. The van der Waals surface area contributed by atoms with E-state index in [1.54, 1.807) is 11.0 Å². The Labute approximate surface area is 258 Å². The molecule has 0 radical (unpaired) electrons. The summed E-state index contributed by atoms with van der Waals surface area (Å²) in [5.41, 5.74) is 3.82. The molecule has 7 nitrogen and oxygen atoms in total. The fourth-order valence-corrected chi connectivity index (χ4v) is 6.12. The molecular weight excluding hydrogens is 595 g/mol. The number of ether oxygens (including phenoxy) is 1. The number of carbonyl (C=O) groups excluding carboxylic acids is 1. The Balaban J connectivity index is 1.38. The van der Waals surface area contributed by atoms with Crippen molar-refractivity contribution in [2.24, 2.45) is 0 Å². The van der Waals surface area contributed by atoms with Gasteiger partial charge in [-0.1, -0.05) is 54.1 Å². The fourth-order valence-electron chi connectivity index (χ4n) is 5.92. The number of piperazine rings is 1. The maximum absolute atomic E-state index is 14.2. The van der Waals surface area contributed by atoms with Crippen LogP contribution >= 0.6 is 11.6 Å². The highest BCUT2D eigenvalue weighted by Gasteiger charge is 2.45. The van der Waals surface area contributed by atoms with Gasteiger partial charge in [0.2, 0.25) is 5.82 Å². The maximum Gasteiger partial charge on any atom is 0.408 e. The SMILES string of the molecule is CCN(Cc1ccccc1Cl)C(=O)C1=C(c2ccc(CCCOc3c(F)ccc(F)c3F)cc2)C[C@@H]2CNC[C@H]1N2C(=O)O. The highest BCUT2D eigenvalue weighted by atomic mass is 35.5. The third kappa shape index (κ3) is 6.56. The molecular formula is C33H33ClF3N3O4. The molecule has 2 bridgehead atoms. The summed E-state index contributed by atoms with van der Waals surface area (Å²) in [6.45, 7) is 3.36. The average Bonchev–Trinajstić information content (AvgIpc) is 3.01. The number of aryl methyl sites for hydroxylation is 1. The number of hydrogen-bond acceptors (Lipinski definition) is 4. The van der Waals surface area contributed by atoms with E-state index in [1.165, 1.54) is 4.90 Å². The predicted octanol–water partition coefficient (Wildman–Crippen LogP) is 6.30. The van der Waals surface area contributed by atoms with Gasteiger partial charge in [0.05, 0.1) is 18.7 Å². The molecule has 2 atom stereocenters. The Morgan fingerprint density at radius 2 is 1.77 bits per heavy atom. The van der Waals surface area contributed by atoms with E-state index >= 15 is 0 Å². The van der Waals surface area contributed by atoms with Crippen molar-refractivity contribution in [3.05, 3.63) is 105 Å². The van der Waals surface area contributed by atoms with Crippen molar-refractivity contribution in [3.63, 3.8) is 0 Å². The quantitative estimate of drug-likeness (QED) is 0.204. The zero-order valence-corrected chi connectivity index (χ0v) is 24.9. The first-order valence-corrected chi connectivity index (χ1v) is 14.9. The fraction of sp³-hybridized carbons (Fsp3) is 0.333. The second kappa shape index (κ2) is 13.7. The van der Waals surface area contributed by atoms with Gasteiger partial charge < -0.3 is 20.1 Å². The van der Waals surface area contributed by atoms with E-state index in [9.17, 15) is 27.9 Å². The number of rotatable bonds is 10. The molecule has 232 valence electrons. The number of carbonyl (C=O) groups is 2. The number of nitrogens with zero attached hydrogens (tertiary/aromatic N) is 2. The maximum atomic E-state index is 14.2. The van der Waals surface area contributed by atoms with Crippen molar-refractivity contribution in [3.8, 4) is 5.75 Å². The molecule has 44 heavy (non-hydrogen) atoms. The lowest BCUT2D eigenvalue weighted by Gasteiger charge is -2.47. The lowest BCUT2D eigenvalue weighted by atomic mass is 9.81. The summed E-state index contributed by atoms with van der Waals surface area (Å²) in [6.07, 6.45) is 0.277. The lowest BCUT2D eigenvalue weighted by molar-refractivity contribution is -0.128. The van der Waals surface area contributed by atoms with Crippen molar-refractivity contribution >= 4 is 29.2 Å². The molecule has 2 amide bonds. The van der Waals surface area contributed by atoms with E-state index in [-0.39, 0.29) is 25.1 Å². The van der Waals surface area contributed by atoms with Gasteiger partial charge in [0.25, 0.3) is 5.91 Å². The van der Waals surface area contributed by atoms with Crippen LogP contribution in [0.5, 0.6) is 5.75 Å². The summed E-state index contributed by atoms with van der Waals surface area (Å²) in [5, 5.41) is 13.9. The molecule has 11 heteroatoms. The predicted molar refractivity (Wildman–Crippen MR) is 161 cm³/mol. The number of carboxylic acid groups (broad SMARTS) is 1. The molecule has 3 aromatic rings. The largest absolute Gasteiger partial charge is 0.488 e. The van der Waals surface area contributed by atoms with Gasteiger partial charge in [0.15, 0.2) is 17.4 Å². The van der Waals surface area contributed by atoms with Gasteiger partial charge in [-0.15, -0.1) is 0 Å². The third-order valence-corrected chi connectivity index (χ3v) is 8.51. The zero-order valence-electron chi connectivity index (χ0n) is 24.2. The summed E-state index contributed by atoms with van der Waals surface area (Å²) in [4.78, 5) is 29.6. The summed E-state index contributed by atoms with van der Waals surface area (Å²) in [7, 11) is 0. The van der Waals surface area contributed by atoms with Crippen molar-refractivity contribution < 1.29 is 32.6 Å². The van der Waals surface area contributed by atoms with Crippen LogP contribution in [0.4, 0.5) is 18.0 Å². The van der Waals surface area contributed by atoms with Gasteiger partial charge in [-0.3, -0.25) is 9.69 Å². The Bertz CT molecular complexity index is 1570. The molecule has 3 aromatic carbocycles. The van der Waals surface area contributed by atoms with Crippen LogP contribution in [0.25, 0.3) is 5.57 Å². The van der Waals surface area contributed by atoms with Crippen molar-refractivity contribution in [2.75, 3.05) is 26.2 Å². The first-order chi connectivity index (χ1) is 21.2. The summed E-state index contributed by atoms with van der Waals surface area (Å²) in [6, 6.07) is 15.5. The average molecular weight is 628 g/mol. The third-order valence-electron chi connectivity index (χ3n) is 8.14. The number of benzene rings is 3. The molecule has 0 aliphatic carbocycles. The number of halogens is 4. The van der Waals surface area contributed by atoms with Crippen LogP contribution < -0.4 is 10.1 Å². The molecule has 1 fully saturated rings. The number of fused-ring (bicyclic) bond motifs is 2. The highest BCUT2D eigenvalue weighted by Crippen LogP contribution is 2.38. The normalized spacial score (nSPS) is 17.9. The molecule has 0 aromatic heterocycles. The Morgan fingerprint density at radius 3 is 2.48 bits per heavy atom. The van der Waals surface area contributed by atoms with E-state index in [0.717, 1.165) is 28.3 Å². The van der Waals surface area contributed by atoms with Gasteiger partial charge in [0, 0.05) is 36.8 Å². The van der Waals surface area contributed by atoms with E-state index in [2.05, 4.69) is 5.32 Å².